The number of phenols is 1. The molecule has 1 aliphatic rings. The van der Waals surface area contributed by atoms with Crippen LogP contribution in [0.15, 0.2) is 18.2 Å². The maximum absolute atomic E-state index is 11.8. The maximum atomic E-state index is 11.8. The van der Waals surface area contributed by atoms with Crippen molar-refractivity contribution in [2.45, 2.75) is 18.9 Å². The zero-order chi connectivity index (χ0) is 12.4. The lowest BCUT2D eigenvalue weighted by Gasteiger charge is -2.11. The highest BCUT2D eigenvalue weighted by Crippen LogP contribution is 2.32. The molecule has 3 N–H and O–H groups in total. The predicted octanol–water partition coefficient (Wildman–Crippen LogP) is 1.50. The molecule has 1 atom stereocenters. The average molecular weight is 347 g/mol. The van der Waals surface area contributed by atoms with Crippen molar-refractivity contribution in [2.75, 3.05) is 6.54 Å². The van der Waals surface area contributed by atoms with E-state index in [9.17, 15) is 15.0 Å². The molecule has 1 saturated carbocycles. The number of rotatable bonds is 4. The molecule has 1 unspecified atom stereocenters. The smallest absolute Gasteiger partial charge is 0.255 e. The van der Waals surface area contributed by atoms with Gasteiger partial charge in [-0.3, -0.25) is 4.79 Å². The Balaban J connectivity index is 1.96. The molecule has 17 heavy (non-hydrogen) atoms. The lowest BCUT2D eigenvalue weighted by Crippen LogP contribution is -2.33. The molecule has 92 valence electrons. The van der Waals surface area contributed by atoms with Gasteiger partial charge in [-0.2, -0.15) is 0 Å². The Morgan fingerprint density at radius 2 is 2.24 bits per heavy atom. The van der Waals surface area contributed by atoms with E-state index >= 15 is 0 Å². The summed E-state index contributed by atoms with van der Waals surface area (Å²) in [5, 5.41) is 21.8. The highest BCUT2D eigenvalue weighted by atomic mass is 127. The number of hydrogen-bond acceptors (Lipinski definition) is 3. The van der Waals surface area contributed by atoms with E-state index in [1.807, 2.05) is 0 Å². The molecular weight excluding hydrogens is 333 g/mol. The van der Waals surface area contributed by atoms with Gasteiger partial charge in [0, 0.05) is 10.1 Å². The van der Waals surface area contributed by atoms with Crippen molar-refractivity contribution in [3.8, 4) is 5.75 Å². The van der Waals surface area contributed by atoms with E-state index in [1.54, 1.807) is 12.1 Å². The van der Waals surface area contributed by atoms with Gasteiger partial charge in [-0.15, -0.1) is 0 Å². The molecule has 0 saturated heterocycles. The second-order valence-corrected chi connectivity index (χ2v) is 5.52. The number of benzene rings is 1. The maximum Gasteiger partial charge on any atom is 0.255 e. The first-order valence-corrected chi connectivity index (χ1v) is 6.60. The van der Waals surface area contributed by atoms with Crippen LogP contribution in [0.4, 0.5) is 0 Å². The molecule has 1 aromatic rings. The highest BCUT2D eigenvalue weighted by molar-refractivity contribution is 14.1. The van der Waals surface area contributed by atoms with Crippen LogP contribution < -0.4 is 5.32 Å². The van der Waals surface area contributed by atoms with E-state index < -0.39 is 6.10 Å². The molecule has 1 fully saturated rings. The number of aliphatic hydroxyl groups excluding tert-OH is 1. The summed E-state index contributed by atoms with van der Waals surface area (Å²) < 4.78 is 0.883. The lowest BCUT2D eigenvalue weighted by atomic mass is 10.1. The number of phenolic OH excluding ortho intramolecular Hbond substituents is 1. The van der Waals surface area contributed by atoms with Crippen LogP contribution in [0.5, 0.6) is 5.75 Å². The standard InChI is InChI=1S/C12H14INO3/c13-8-3-4-10(15)9(5-8)12(17)14-6-11(16)7-1-2-7/h3-5,7,11,15-16H,1-2,6H2,(H,14,17). The van der Waals surface area contributed by atoms with Gasteiger partial charge in [-0.05, 0) is 59.5 Å². The summed E-state index contributed by atoms with van der Waals surface area (Å²) in [6.45, 7) is 0.244. The molecule has 5 heteroatoms. The summed E-state index contributed by atoms with van der Waals surface area (Å²) in [6.07, 6.45) is 1.60. The van der Waals surface area contributed by atoms with Crippen molar-refractivity contribution in [1.82, 2.24) is 5.32 Å². The minimum Gasteiger partial charge on any atom is -0.507 e. The largest absolute Gasteiger partial charge is 0.507 e. The zero-order valence-electron chi connectivity index (χ0n) is 9.19. The van der Waals surface area contributed by atoms with Crippen molar-refractivity contribution >= 4 is 28.5 Å². The summed E-state index contributed by atoms with van der Waals surface area (Å²) in [5.74, 6) is -0.0515. The molecule has 0 bridgehead atoms. The van der Waals surface area contributed by atoms with Gasteiger partial charge in [-0.1, -0.05) is 0 Å². The first-order valence-electron chi connectivity index (χ1n) is 5.52. The molecular formula is C12H14INO3. The quantitative estimate of drug-likeness (QED) is 0.723. The van der Waals surface area contributed by atoms with Crippen molar-refractivity contribution in [3.63, 3.8) is 0 Å². The third-order valence-electron chi connectivity index (χ3n) is 2.84. The first kappa shape index (κ1) is 12.6. The molecule has 2 rings (SSSR count). The summed E-state index contributed by atoms with van der Waals surface area (Å²) >= 11 is 2.08. The zero-order valence-corrected chi connectivity index (χ0v) is 11.3. The topological polar surface area (TPSA) is 69.6 Å². The van der Waals surface area contributed by atoms with Crippen LogP contribution in [0.3, 0.4) is 0 Å². The molecule has 0 aliphatic heterocycles. The van der Waals surface area contributed by atoms with Gasteiger partial charge in [0.25, 0.3) is 5.91 Å². The van der Waals surface area contributed by atoms with Crippen LogP contribution in [0.25, 0.3) is 0 Å². The van der Waals surface area contributed by atoms with Crippen molar-refractivity contribution < 1.29 is 15.0 Å². The van der Waals surface area contributed by atoms with E-state index in [0.717, 1.165) is 16.4 Å². The second-order valence-electron chi connectivity index (χ2n) is 4.28. The lowest BCUT2D eigenvalue weighted by molar-refractivity contribution is 0.0898. The Bertz CT molecular complexity index is 432. The summed E-state index contributed by atoms with van der Waals surface area (Å²) in [5.41, 5.74) is 0.250. The number of nitrogens with one attached hydrogen (secondary N) is 1. The van der Waals surface area contributed by atoms with Crippen LogP contribution in [-0.4, -0.2) is 28.8 Å². The minimum absolute atomic E-state index is 0.0381. The Kier molecular flexibility index (Phi) is 3.88. The Morgan fingerprint density at radius 3 is 2.88 bits per heavy atom. The molecule has 1 aromatic carbocycles. The summed E-state index contributed by atoms with van der Waals surface area (Å²) in [6, 6.07) is 4.84. The van der Waals surface area contributed by atoms with Crippen molar-refractivity contribution in [1.29, 1.82) is 0 Å². The normalized spacial score (nSPS) is 16.6. The Hall–Kier alpha value is -0.820. The molecule has 4 nitrogen and oxygen atoms in total. The highest BCUT2D eigenvalue weighted by Gasteiger charge is 2.29. The number of halogens is 1. The fourth-order valence-electron chi connectivity index (χ4n) is 1.63. The van der Waals surface area contributed by atoms with E-state index in [0.29, 0.717) is 5.92 Å². The second kappa shape index (κ2) is 5.22. The first-order chi connectivity index (χ1) is 8.08. The predicted molar refractivity (Wildman–Crippen MR) is 71.9 cm³/mol. The molecule has 0 aromatic heterocycles. The Morgan fingerprint density at radius 1 is 1.53 bits per heavy atom. The van der Waals surface area contributed by atoms with Gasteiger partial charge in [-0.25, -0.2) is 0 Å². The summed E-state index contributed by atoms with van der Waals surface area (Å²) in [7, 11) is 0. The average Bonchev–Trinajstić information content (AvgIpc) is 3.12. The fourth-order valence-corrected chi connectivity index (χ4v) is 2.12. The molecule has 0 radical (unpaired) electrons. The number of hydrogen-bond donors (Lipinski definition) is 3. The van der Waals surface area contributed by atoms with Gasteiger partial charge in [0.15, 0.2) is 0 Å². The minimum atomic E-state index is -0.469. The number of aliphatic hydroxyl groups is 1. The van der Waals surface area contributed by atoms with E-state index in [-0.39, 0.29) is 23.8 Å². The molecule has 1 aliphatic carbocycles. The number of amides is 1. The van der Waals surface area contributed by atoms with E-state index in [2.05, 4.69) is 27.9 Å². The number of carbonyl (C=O) groups is 1. The number of carbonyl (C=O) groups excluding carboxylic acids is 1. The van der Waals surface area contributed by atoms with Crippen LogP contribution in [0.2, 0.25) is 0 Å². The monoisotopic (exact) mass is 347 g/mol. The number of aromatic hydroxyl groups is 1. The van der Waals surface area contributed by atoms with Gasteiger partial charge in [0.05, 0.1) is 11.7 Å². The van der Waals surface area contributed by atoms with Crippen LogP contribution in [0, 0.1) is 9.49 Å². The van der Waals surface area contributed by atoms with Crippen molar-refractivity contribution in [3.05, 3.63) is 27.3 Å². The van der Waals surface area contributed by atoms with Gasteiger partial charge >= 0.3 is 0 Å². The fraction of sp³-hybridized carbons (Fsp3) is 0.417. The SMILES string of the molecule is O=C(NCC(O)C1CC1)c1cc(I)ccc1O. The van der Waals surface area contributed by atoms with Crippen LogP contribution in [0.1, 0.15) is 23.2 Å². The van der Waals surface area contributed by atoms with Gasteiger partial charge in [0.1, 0.15) is 5.75 Å². The molecule has 0 spiro atoms. The van der Waals surface area contributed by atoms with Crippen LogP contribution in [-0.2, 0) is 0 Å². The van der Waals surface area contributed by atoms with E-state index in [1.165, 1.54) is 6.07 Å². The summed E-state index contributed by atoms with van der Waals surface area (Å²) in [4.78, 5) is 11.8. The van der Waals surface area contributed by atoms with E-state index in [4.69, 9.17) is 0 Å². The van der Waals surface area contributed by atoms with Crippen LogP contribution >= 0.6 is 22.6 Å². The Labute approximate surface area is 113 Å². The van der Waals surface area contributed by atoms with Crippen molar-refractivity contribution in [2.24, 2.45) is 5.92 Å². The van der Waals surface area contributed by atoms with Gasteiger partial charge < -0.3 is 15.5 Å². The molecule has 1 amide bonds. The van der Waals surface area contributed by atoms with Gasteiger partial charge in [0.2, 0.25) is 0 Å². The molecule has 0 heterocycles. The third kappa shape index (κ3) is 3.32. The third-order valence-corrected chi connectivity index (χ3v) is 3.51.